The van der Waals surface area contributed by atoms with Gasteiger partial charge >= 0.3 is 39.2 Å². The second kappa shape index (κ2) is 8.73. The molecule has 2 N–H and O–H groups in total. The van der Waals surface area contributed by atoms with Gasteiger partial charge in [0.2, 0.25) is 0 Å². The Hall–Kier alpha value is -1.80. The van der Waals surface area contributed by atoms with Crippen molar-refractivity contribution in [1.29, 1.82) is 0 Å². The summed E-state index contributed by atoms with van der Waals surface area (Å²) in [6.45, 7) is 1.45. The van der Waals surface area contributed by atoms with Crippen LogP contribution in [0.2, 0.25) is 0 Å². The molecule has 0 rings (SSSR count). The predicted molar refractivity (Wildman–Crippen MR) is 75.4 cm³/mol. The standard InChI is InChI=1S/C12H16F5NO7S/c1-3-5-6-18-9(20)11(12(15,16)17,25-8(19)4-2)24-7-10(13,14)26(21,22)23/h4H,2-3,5-7H2,1H3,(H,18,20)(H,21,22,23). The summed E-state index contributed by atoms with van der Waals surface area (Å²) >= 11 is 0. The number of nitrogens with one attached hydrogen (secondary N) is 1. The molecule has 1 amide bonds. The van der Waals surface area contributed by atoms with E-state index in [1.54, 1.807) is 12.2 Å². The van der Waals surface area contributed by atoms with Crippen LogP contribution in [0.5, 0.6) is 0 Å². The van der Waals surface area contributed by atoms with E-state index in [1.807, 2.05) is 0 Å². The predicted octanol–water partition coefficient (Wildman–Crippen LogP) is 1.39. The summed E-state index contributed by atoms with van der Waals surface area (Å²) in [4.78, 5) is 23.1. The third-order valence-corrected chi connectivity index (χ3v) is 3.59. The third-order valence-electron chi connectivity index (χ3n) is 2.72. The minimum absolute atomic E-state index is 0.191. The Labute approximate surface area is 145 Å². The fourth-order valence-electron chi connectivity index (χ4n) is 1.35. The number of unbranched alkanes of at least 4 members (excludes halogenated alkanes) is 1. The summed E-state index contributed by atoms with van der Waals surface area (Å²) in [5, 5.41) is -3.53. The maximum atomic E-state index is 13.3. The highest BCUT2D eigenvalue weighted by Crippen LogP contribution is 2.37. The van der Waals surface area contributed by atoms with Crippen molar-refractivity contribution in [2.75, 3.05) is 13.2 Å². The second-order valence-electron chi connectivity index (χ2n) is 4.75. The van der Waals surface area contributed by atoms with Gasteiger partial charge in [0.05, 0.1) is 0 Å². The number of carbonyl (C=O) groups is 2. The van der Waals surface area contributed by atoms with Crippen LogP contribution in [0.15, 0.2) is 12.7 Å². The Balaban J connectivity index is 5.91. The highest BCUT2D eigenvalue weighted by Gasteiger charge is 2.67. The molecule has 0 aliphatic carbocycles. The number of halogens is 5. The van der Waals surface area contributed by atoms with E-state index in [2.05, 4.69) is 16.1 Å². The number of esters is 1. The van der Waals surface area contributed by atoms with Gasteiger partial charge in [-0.1, -0.05) is 19.9 Å². The van der Waals surface area contributed by atoms with E-state index in [-0.39, 0.29) is 19.0 Å². The molecule has 0 radical (unpaired) electrons. The topological polar surface area (TPSA) is 119 Å². The number of carbonyl (C=O) groups excluding carboxylic acids is 2. The molecule has 1 unspecified atom stereocenters. The van der Waals surface area contributed by atoms with Crippen molar-refractivity contribution in [3.63, 3.8) is 0 Å². The molecule has 0 saturated heterocycles. The zero-order chi connectivity index (χ0) is 20.8. The summed E-state index contributed by atoms with van der Waals surface area (Å²) in [5.74, 6) is -8.61. The summed E-state index contributed by atoms with van der Waals surface area (Å²) in [6.07, 6.45) is -5.05. The number of ether oxygens (including phenoxy) is 2. The van der Waals surface area contributed by atoms with Crippen molar-refractivity contribution in [1.82, 2.24) is 5.32 Å². The molecular weight excluding hydrogens is 397 g/mol. The smallest absolute Gasteiger partial charge is 0.412 e. The SMILES string of the molecule is C=CC(=O)OC(OCC(F)(F)S(=O)(=O)O)(C(=O)NCCCC)C(F)(F)F. The Morgan fingerprint density at radius 3 is 2.15 bits per heavy atom. The van der Waals surface area contributed by atoms with Crippen LogP contribution in [-0.2, 0) is 29.2 Å². The van der Waals surface area contributed by atoms with E-state index < -0.39 is 45.8 Å². The molecular formula is C12H16F5NO7S. The average Bonchev–Trinajstić information content (AvgIpc) is 2.48. The van der Waals surface area contributed by atoms with Crippen molar-refractivity contribution >= 4 is 22.0 Å². The molecule has 14 heteroatoms. The molecule has 26 heavy (non-hydrogen) atoms. The molecule has 0 heterocycles. The first-order chi connectivity index (χ1) is 11.6. The maximum absolute atomic E-state index is 13.3. The van der Waals surface area contributed by atoms with Crippen molar-refractivity contribution in [2.45, 2.75) is 37.0 Å². The highest BCUT2D eigenvalue weighted by atomic mass is 32.2. The number of amides is 1. The lowest BCUT2D eigenvalue weighted by Crippen LogP contribution is -2.62. The van der Waals surface area contributed by atoms with Crippen LogP contribution in [0.25, 0.3) is 0 Å². The van der Waals surface area contributed by atoms with Gasteiger partial charge in [0.1, 0.15) is 6.61 Å². The summed E-state index contributed by atoms with van der Waals surface area (Å²) in [6, 6.07) is 0. The fourth-order valence-corrected chi connectivity index (χ4v) is 1.56. The number of rotatable bonds is 10. The molecule has 1 atom stereocenters. The zero-order valence-corrected chi connectivity index (χ0v) is 14.1. The van der Waals surface area contributed by atoms with Crippen molar-refractivity contribution in [3.05, 3.63) is 12.7 Å². The molecule has 0 saturated carbocycles. The molecule has 0 fully saturated rings. The van der Waals surface area contributed by atoms with Gasteiger partial charge in [0, 0.05) is 12.6 Å². The van der Waals surface area contributed by atoms with E-state index in [4.69, 9.17) is 4.55 Å². The summed E-state index contributed by atoms with van der Waals surface area (Å²) in [5.41, 5.74) is 0. The molecule has 0 bridgehead atoms. The molecule has 0 aliphatic heterocycles. The first-order valence-electron chi connectivity index (χ1n) is 6.84. The van der Waals surface area contributed by atoms with Crippen LogP contribution in [0.1, 0.15) is 19.8 Å². The quantitative estimate of drug-likeness (QED) is 0.139. The maximum Gasteiger partial charge on any atom is 0.466 e. The van der Waals surface area contributed by atoms with Crippen molar-refractivity contribution in [2.24, 2.45) is 0 Å². The average molecular weight is 413 g/mol. The third kappa shape index (κ3) is 5.88. The number of hydrogen-bond donors (Lipinski definition) is 2. The summed E-state index contributed by atoms with van der Waals surface area (Å²) in [7, 11) is -6.17. The van der Waals surface area contributed by atoms with Crippen LogP contribution >= 0.6 is 0 Å². The van der Waals surface area contributed by atoms with Gasteiger partial charge < -0.3 is 14.8 Å². The van der Waals surface area contributed by atoms with Crippen LogP contribution in [0.3, 0.4) is 0 Å². The minimum atomic E-state index is -6.17. The number of hydrogen-bond acceptors (Lipinski definition) is 6. The van der Waals surface area contributed by atoms with Crippen molar-refractivity contribution < 1.29 is 54.0 Å². The Bertz CT molecular complexity index is 634. The number of alkyl halides is 5. The minimum Gasteiger partial charge on any atom is -0.412 e. The monoisotopic (exact) mass is 413 g/mol. The first kappa shape index (κ1) is 24.2. The van der Waals surface area contributed by atoms with E-state index >= 15 is 0 Å². The molecule has 152 valence electrons. The van der Waals surface area contributed by atoms with E-state index in [0.717, 1.165) is 0 Å². The van der Waals surface area contributed by atoms with Gasteiger partial charge in [-0.05, 0) is 6.42 Å². The molecule has 0 spiro atoms. The van der Waals surface area contributed by atoms with Gasteiger partial charge in [0.15, 0.2) is 0 Å². The Kier molecular flexibility index (Phi) is 8.12. The van der Waals surface area contributed by atoms with Gasteiger partial charge in [-0.2, -0.15) is 30.4 Å². The lowest BCUT2D eigenvalue weighted by atomic mass is 10.2. The first-order valence-corrected chi connectivity index (χ1v) is 8.28. The van der Waals surface area contributed by atoms with Gasteiger partial charge in [-0.3, -0.25) is 9.35 Å². The van der Waals surface area contributed by atoms with Crippen LogP contribution in [-0.4, -0.2) is 55.2 Å². The molecule has 0 aromatic rings. The van der Waals surface area contributed by atoms with Gasteiger partial charge in [-0.15, -0.1) is 0 Å². The Morgan fingerprint density at radius 2 is 1.77 bits per heavy atom. The lowest BCUT2D eigenvalue weighted by molar-refractivity contribution is -0.352. The largest absolute Gasteiger partial charge is 0.466 e. The molecule has 0 aromatic carbocycles. The molecule has 0 aliphatic rings. The van der Waals surface area contributed by atoms with Crippen LogP contribution in [0.4, 0.5) is 22.0 Å². The normalized spacial score (nSPS) is 15.0. The fraction of sp³-hybridized carbons (Fsp3) is 0.667. The van der Waals surface area contributed by atoms with Gasteiger partial charge in [0.25, 0.3) is 0 Å². The molecule has 8 nitrogen and oxygen atoms in total. The zero-order valence-electron chi connectivity index (χ0n) is 13.3. The highest BCUT2D eigenvalue weighted by molar-refractivity contribution is 7.86. The lowest BCUT2D eigenvalue weighted by Gasteiger charge is -2.33. The van der Waals surface area contributed by atoms with E-state index in [9.17, 15) is 40.0 Å². The van der Waals surface area contributed by atoms with Crippen LogP contribution in [0, 0.1) is 0 Å². The Morgan fingerprint density at radius 1 is 1.23 bits per heavy atom. The van der Waals surface area contributed by atoms with Crippen molar-refractivity contribution in [3.8, 4) is 0 Å². The van der Waals surface area contributed by atoms with E-state index in [1.165, 1.54) is 0 Å². The van der Waals surface area contributed by atoms with Gasteiger partial charge in [-0.25, -0.2) is 4.79 Å². The van der Waals surface area contributed by atoms with Crippen LogP contribution < -0.4 is 5.32 Å². The summed E-state index contributed by atoms with van der Waals surface area (Å²) < 4.78 is 103. The van der Waals surface area contributed by atoms with E-state index in [0.29, 0.717) is 6.42 Å². The second-order valence-corrected chi connectivity index (χ2v) is 6.30. The molecule has 0 aromatic heterocycles.